The first-order valence-electron chi connectivity index (χ1n) is 17.6. The lowest BCUT2D eigenvalue weighted by Gasteiger charge is -2.44. The van der Waals surface area contributed by atoms with Gasteiger partial charge in [0.1, 0.15) is 11.9 Å². The molecule has 0 N–H and O–H groups in total. The van der Waals surface area contributed by atoms with Crippen molar-refractivity contribution in [2.24, 2.45) is 27.6 Å². The predicted molar refractivity (Wildman–Crippen MR) is 199 cm³/mol. The summed E-state index contributed by atoms with van der Waals surface area (Å²) in [5.74, 6) is 1.02. The minimum Gasteiger partial charge on any atom is -0.485 e. The van der Waals surface area contributed by atoms with Crippen LogP contribution in [0, 0.1) is 34.5 Å². The van der Waals surface area contributed by atoms with Gasteiger partial charge in [0.2, 0.25) is 0 Å². The van der Waals surface area contributed by atoms with E-state index in [1.54, 1.807) is 5.57 Å². The Bertz CT molecular complexity index is 1410. The molecular formula is C44H66O. The van der Waals surface area contributed by atoms with E-state index in [1.807, 2.05) is 0 Å². The molecule has 0 aromatic heterocycles. The summed E-state index contributed by atoms with van der Waals surface area (Å²) in [7, 11) is 0. The highest BCUT2D eigenvalue weighted by Crippen LogP contribution is 2.48. The van der Waals surface area contributed by atoms with Gasteiger partial charge >= 0.3 is 0 Å². The Morgan fingerprint density at radius 2 is 1.56 bits per heavy atom. The van der Waals surface area contributed by atoms with Crippen LogP contribution in [0.2, 0.25) is 0 Å². The molecule has 0 aliphatic heterocycles. The van der Waals surface area contributed by atoms with Crippen molar-refractivity contribution >= 4 is 5.76 Å². The van der Waals surface area contributed by atoms with E-state index in [-0.39, 0.29) is 33.7 Å². The molecule has 1 aromatic rings. The van der Waals surface area contributed by atoms with Gasteiger partial charge in [0, 0.05) is 11.5 Å². The molecule has 2 unspecified atom stereocenters. The normalized spacial score (nSPS) is 21.0. The molecule has 1 heteroatoms. The number of ether oxygens (including phenoxy) is 1. The van der Waals surface area contributed by atoms with E-state index in [4.69, 9.17) is 4.74 Å². The monoisotopic (exact) mass is 611 g/mol. The maximum absolute atomic E-state index is 7.03. The number of rotatable bonds is 9. The van der Waals surface area contributed by atoms with Gasteiger partial charge in [-0.3, -0.25) is 0 Å². The van der Waals surface area contributed by atoms with Crippen LogP contribution in [0.1, 0.15) is 139 Å². The van der Waals surface area contributed by atoms with Crippen molar-refractivity contribution in [2.45, 2.75) is 142 Å². The van der Waals surface area contributed by atoms with Crippen LogP contribution >= 0.6 is 0 Å². The first kappa shape index (κ1) is 36.9. The molecule has 1 aromatic carbocycles. The summed E-state index contributed by atoms with van der Waals surface area (Å²) in [6.45, 7) is 39.5. The molecule has 0 radical (unpaired) electrons. The maximum atomic E-state index is 7.03. The highest BCUT2D eigenvalue weighted by molar-refractivity contribution is 5.62. The number of hydrogen-bond donors (Lipinski definition) is 0. The Morgan fingerprint density at radius 1 is 0.911 bits per heavy atom. The molecule has 0 fully saturated rings. The van der Waals surface area contributed by atoms with Gasteiger partial charge in [-0.05, 0) is 89.0 Å². The molecule has 248 valence electrons. The molecule has 2 aliphatic carbocycles. The van der Waals surface area contributed by atoms with Crippen LogP contribution in [0.5, 0.6) is 0 Å². The highest BCUT2D eigenvalue weighted by Gasteiger charge is 2.41. The molecule has 2 aliphatic rings. The van der Waals surface area contributed by atoms with Crippen LogP contribution < -0.4 is 0 Å². The molecule has 0 bridgehead atoms. The second kappa shape index (κ2) is 13.7. The van der Waals surface area contributed by atoms with Gasteiger partial charge in [0.25, 0.3) is 0 Å². The third-order valence-corrected chi connectivity index (χ3v) is 9.74. The van der Waals surface area contributed by atoms with Gasteiger partial charge in [0.15, 0.2) is 0 Å². The van der Waals surface area contributed by atoms with Crippen LogP contribution in [0.15, 0.2) is 82.5 Å². The van der Waals surface area contributed by atoms with Gasteiger partial charge < -0.3 is 4.74 Å². The van der Waals surface area contributed by atoms with E-state index in [1.165, 1.54) is 39.0 Å². The average Bonchev–Trinajstić information content (AvgIpc) is 2.88. The average molecular weight is 611 g/mol. The minimum atomic E-state index is -0.0608. The van der Waals surface area contributed by atoms with Gasteiger partial charge in [-0.2, -0.15) is 0 Å². The number of allylic oxidation sites excluding steroid dienone is 8. The van der Waals surface area contributed by atoms with Crippen molar-refractivity contribution in [3.8, 4) is 0 Å². The Hall–Kier alpha value is -2.54. The van der Waals surface area contributed by atoms with Crippen LogP contribution in [-0.4, -0.2) is 6.10 Å². The van der Waals surface area contributed by atoms with Crippen molar-refractivity contribution in [2.75, 3.05) is 0 Å². The number of hydrogen-bond acceptors (Lipinski definition) is 1. The fourth-order valence-electron chi connectivity index (χ4n) is 7.38. The number of benzene rings is 1. The highest BCUT2D eigenvalue weighted by atomic mass is 16.5. The van der Waals surface area contributed by atoms with E-state index in [9.17, 15) is 0 Å². The predicted octanol–water partition coefficient (Wildman–Crippen LogP) is 13.3. The zero-order valence-electron chi connectivity index (χ0n) is 31.8. The van der Waals surface area contributed by atoms with E-state index in [0.29, 0.717) is 0 Å². The van der Waals surface area contributed by atoms with Crippen LogP contribution in [0.4, 0.5) is 0 Å². The Morgan fingerprint density at radius 3 is 2.09 bits per heavy atom. The lowest BCUT2D eigenvalue weighted by atomic mass is 9.66. The SMILES string of the molecule is C=C(OC1C(C(C)(C)C)=CC(CC(C)(C)C=C2C=C(C(C)(C)C)C(C)=C(CC)C2)=CC1C(C)(C)C)c1ccc(C)cc1CCC. The standard InChI is InChI=1S/C44H66O/c1-17-19-35-22-29(3)20-21-36(35)31(5)45-40-38(42(9,10)11)25-33(26-39(40)43(12,13)14)28-44(15,16)27-32-23-34(18-2)30(4)37(24-32)41(6,7)8/h20-22,24-27,38,40H,5,17-19,23,28H2,1-4,6-16H3. The first-order valence-corrected chi connectivity index (χ1v) is 17.6. The molecule has 1 nitrogen and oxygen atoms in total. The third kappa shape index (κ3) is 9.27. The third-order valence-electron chi connectivity index (χ3n) is 9.74. The minimum absolute atomic E-state index is 0.0148. The fraction of sp³-hybridized carbons (Fsp3) is 0.591. The fourth-order valence-corrected chi connectivity index (χ4v) is 7.38. The van der Waals surface area contributed by atoms with Gasteiger partial charge in [0.05, 0.1) is 0 Å². The van der Waals surface area contributed by atoms with Gasteiger partial charge in [-0.15, -0.1) is 0 Å². The summed E-state index contributed by atoms with van der Waals surface area (Å²) >= 11 is 0. The van der Waals surface area contributed by atoms with Gasteiger partial charge in [-0.1, -0.05) is 162 Å². The summed E-state index contributed by atoms with van der Waals surface area (Å²) in [5, 5.41) is 0. The van der Waals surface area contributed by atoms with E-state index >= 15 is 0 Å². The van der Waals surface area contributed by atoms with E-state index in [2.05, 4.69) is 153 Å². The Balaban J connectivity index is 2.02. The van der Waals surface area contributed by atoms with E-state index in [0.717, 1.165) is 43.4 Å². The topological polar surface area (TPSA) is 9.23 Å². The van der Waals surface area contributed by atoms with Crippen molar-refractivity contribution in [3.63, 3.8) is 0 Å². The zero-order valence-corrected chi connectivity index (χ0v) is 31.8. The van der Waals surface area contributed by atoms with Crippen molar-refractivity contribution < 1.29 is 4.74 Å². The summed E-state index contributed by atoms with van der Waals surface area (Å²) < 4.78 is 7.03. The largest absolute Gasteiger partial charge is 0.485 e. The van der Waals surface area contributed by atoms with Crippen LogP contribution in [0.25, 0.3) is 5.76 Å². The lowest BCUT2D eigenvalue weighted by Crippen LogP contribution is -2.39. The zero-order chi connectivity index (χ0) is 34.1. The molecule has 0 amide bonds. The molecule has 45 heavy (non-hydrogen) atoms. The van der Waals surface area contributed by atoms with Crippen molar-refractivity contribution in [3.05, 3.63) is 99.2 Å². The Labute approximate surface area is 278 Å². The van der Waals surface area contributed by atoms with Crippen molar-refractivity contribution in [1.29, 1.82) is 0 Å². The van der Waals surface area contributed by atoms with Crippen LogP contribution in [0.3, 0.4) is 0 Å². The molecule has 0 spiro atoms. The molecular weight excluding hydrogens is 544 g/mol. The van der Waals surface area contributed by atoms with Gasteiger partial charge in [-0.25, -0.2) is 0 Å². The lowest BCUT2D eigenvalue weighted by molar-refractivity contribution is 0.0793. The molecule has 2 atom stereocenters. The summed E-state index contributed by atoms with van der Waals surface area (Å²) in [4.78, 5) is 0. The Kier molecular flexibility index (Phi) is 11.2. The maximum Gasteiger partial charge on any atom is 0.127 e. The molecule has 0 saturated carbocycles. The van der Waals surface area contributed by atoms with Crippen LogP contribution in [-0.2, 0) is 11.2 Å². The van der Waals surface area contributed by atoms with E-state index < -0.39 is 0 Å². The second-order valence-electron chi connectivity index (χ2n) is 17.8. The smallest absolute Gasteiger partial charge is 0.127 e. The molecule has 0 heterocycles. The van der Waals surface area contributed by atoms with Crippen molar-refractivity contribution in [1.82, 2.24) is 0 Å². The summed E-state index contributed by atoms with van der Waals surface area (Å²) in [5.41, 5.74) is 12.7. The second-order valence-corrected chi connectivity index (χ2v) is 17.8. The summed E-state index contributed by atoms with van der Waals surface area (Å²) in [6.07, 6.45) is 15.3. The first-order chi connectivity index (χ1) is 20.6. The number of aryl methyl sites for hydroxylation is 2. The summed E-state index contributed by atoms with van der Waals surface area (Å²) in [6, 6.07) is 6.70. The molecule has 3 rings (SSSR count). The molecule has 0 saturated heterocycles. The quantitative estimate of drug-likeness (QED) is 0.253.